The van der Waals surface area contributed by atoms with Crippen LogP contribution in [-0.4, -0.2) is 24.2 Å². The first-order valence-electron chi connectivity index (χ1n) is 6.25. The Morgan fingerprint density at radius 1 is 1.47 bits per heavy atom. The van der Waals surface area contributed by atoms with E-state index in [1.54, 1.807) is 13.8 Å². The molecule has 0 aliphatic carbocycles. The highest BCUT2D eigenvalue weighted by Gasteiger charge is 2.15. The van der Waals surface area contributed by atoms with E-state index in [-0.39, 0.29) is 24.2 Å². The average molecular weight is 269 g/mol. The van der Waals surface area contributed by atoms with E-state index in [0.29, 0.717) is 17.7 Å². The van der Waals surface area contributed by atoms with Gasteiger partial charge in [0.05, 0.1) is 19.3 Å². The van der Waals surface area contributed by atoms with Crippen molar-refractivity contribution >= 4 is 5.91 Å². The Bertz CT molecular complexity index is 435. The maximum atomic E-state index is 13.2. The molecule has 2 N–H and O–H groups in total. The zero-order valence-corrected chi connectivity index (χ0v) is 11.4. The van der Waals surface area contributed by atoms with Crippen LogP contribution in [0.2, 0.25) is 0 Å². The van der Waals surface area contributed by atoms with Gasteiger partial charge in [-0.05, 0) is 38.5 Å². The molecule has 0 aliphatic heterocycles. The van der Waals surface area contributed by atoms with Crippen LogP contribution in [-0.2, 0) is 4.79 Å². The molecule has 1 rings (SSSR count). The molecule has 1 amide bonds. The topological polar surface area (TPSA) is 58.6 Å². The molecule has 1 aromatic carbocycles. The fourth-order valence-electron chi connectivity index (χ4n) is 1.77. The number of ether oxygens (including phenoxy) is 1. The van der Waals surface area contributed by atoms with Gasteiger partial charge in [0.2, 0.25) is 5.91 Å². The normalized spacial score (nSPS) is 13.7. The Hall–Kier alpha value is -1.62. The summed E-state index contributed by atoms with van der Waals surface area (Å²) in [4.78, 5) is 11.7. The molecule has 0 spiro atoms. The third-order valence-corrected chi connectivity index (χ3v) is 2.82. The van der Waals surface area contributed by atoms with Crippen LogP contribution in [0.4, 0.5) is 4.39 Å². The molecule has 0 fully saturated rings. The molecular formula is C14H20FNO3. The lowest BCUT2D eigenvalue weighted by Crippen LogP contribution is -2.27. The van der Waals surface area contributed by atoms with Gasteiger partial charge in [0.15, 0.2) is 0 Å². The first-order chi connectivity index (χ1) is 8.93. The van der Waals surface area contributed by atoms with Gasteiger partial charge in [-0.15, -0.1) is 0 Å². The van der Waals surface area contributed by atoms with Crippen molar-refractivity contribution < 1.29 is 19.0 Å². The van der Waals surface area contributed by atoms with E-state index in [1.807, 2.05) is 0 Å². The number of benzene rings is 1. The van der Waals surface area contributed by atoms with Crippen molar-refractivity contribution in [3.63, 3.8) is 0 Å². The van der Waals surface area contributed by atoms with E-state index in [4.69, 9.17) is 9.84 Å². The van der Waals surface area contributed by atoms with Gasteiger partial charge in [0.1, 0.15) is 11.6 Å². The molecule has 1 aromatic rings. The Morgan fingerprint density at radius 2 is 2.16 bits per heavy atom. The third-order valence-electron chi connectivity index (χ3n) is 2.82. The molecule has 0 radical (unpaired) electrons. The molecule has 106 valence electrons. The fraction of sp³-hybridized carbons (Fsp3) is 0.500. The van der Waals surface area contributed by atoms with E-state index >= 15 is 0 Å². The minimum Gasteiger partial charge on any atom is -0.496 e. The van der Waals surface area contributed by atoms with Gasteiger partial charge in [-0.3, -0.25) is 4.79 Å². The Balaban J connectivity index is 2.69. The SMILES string of the molecule is COc1ccc(F)cc1C(C)NC(=O)CCC(C)O. The van der Waals surface area contributed by atoms with Crippen molar-refractivity contribution in [2.45, 2.75) is 38.8 Å². The lowest BCUT2D eigenvalue weighted by atomic mass is 10.1. The van der Waals surface area contributed by atoms with Crippen molar-refractivity contribution in [2.75, 3.05) is 7.11 Å². The predicted octanol–water partition coefficient (Wildman–Crippen LogP) is 2.17. The minimum atomic E-state index is -0.509. The highest BCUT2D eigenvalue weighted by molar-refractivity contribution is 5.76. The van der Waals surface area contributed by atoms with Gasteiger partial charge in [0.25, 0.3) is 0 Å². The largest absolute Gasteiger partial charge is 0.496 e. The Labute approximate surface area is 112 Å². The van der Waals surface area contributed by atoms with Crippen molar-refractivity contribution in [2.24, 2.45) is 0 Å². The predicted molar refractivity (Wildman–Crippen MR) is 70.4 cm³/mol. The lowest BCUT2D eigenvalue weighted by molar-refractivity contribution is -0.122. The summed E-state index contributed by atoms with van der Waals surface area (Å²) < 4.78 is 18.4. The number of aliphatic hydroxyl groups excluding tert-OH is 1. The standard InChI is InChI=1S/C14H20FNO3/c1-9(17)4-7-14(18)16-10(2)12-8-11(15)5-6-13(12)19-3/h5-6,8-10,17H,4,7H2,1-3H3,(H,16,18). The van der Waals surface area contributed by atoms with E-state index in [0.717, 1.165) is 0 Å². The second kappa shape index (κ2) is 7.09. The van der Waals surface area contributed by atoms with Crippen LogP contribution in [0.5, 0.6) is 5.75 Å². The summed E-state index contributed by atoms with van der Waals surface area (Å²) in [5.41, 5.74) is 0.591. The zero-order chi connectivity index (χ0) is 14.4. The van der Waals surface area contributed by atoms with Crippen LogP contribution in [0.1, 0.15) is 38.3 Å². The summed E-state index contributed by atoms with van der Waals surface area (Å²) in [6.45, 7) is 3.39. The first-order valence-corrected chi connectivity index (χ1v) is 6.25. The Kier molecular flexibility index (Phi) is 5.76. The van der Waals surface area contributed by atoms with Crippen molar-refractivity contribution in [3.8, 4) is 5.75 Å². The Morgan fingerprint density at radius 3 is 2.74 bits per heavy atom. The van der Waals surface area contributed by atoms with Crippen LogP contribution in [0.15, 0.2) is 18.2 Å². The minimum absolute atomic E-state index is 0.181. The molecule has 0 heterocycles. The van der Waals surface area contributed by atoms with Crippen LogP contribution in [0.25, 0.3) is 0 Å². The molecule has 5 heteroatoms. The third kappa shape index (κ3) is 4.87. The molecule has 0 aromatic heterocycles. The number of hydrogen-bond donors (Lipinski definition) is 2. The van der Waals surface area contributed by atoms with Crippen LogP contribution in [0.3, 0.4) is 0 Å². The van der Waals surface area contributed by atoms with Crippen molar-refractivity contribution in [1.29, 1.82) is 0 Å². The molecule has 2 atom stereocenters. The molecule has 2 unspecified atom stereocenters. The lowest BCUT2D eigenvalue weighted by Gasteiger charge is -2.17. The van der Waals surface area contributed by atoms with Crippen molar-refractivity contribution in [3.05, 3.63) is 29.6 Å². The molecule has 0 saturated heterocycles. The van der Waals surface area contributed by atoms with Gasteiger partial charge in [0, 0.05) is 12.0 Å². The number of aliphatic hydroxyl groups is 1. The van der Waals surface area contributed by atoms with Gasteiger partial charge in [-0.25, -0.2) is 4.39 Å². The number of carbonyl (C=O) groups is 1. The van der Waals surface area contributed by atoms with E-state index in [9.17, 15) is 9.18 Å². The van der Waals surface area contributed by atoms with E-state index in [2.05, 4.69) is 5.32 Å². The monoisotopic (exact) mass is 269 g/mol. The van der Waals surface area contributed by atoms with Gasteiger partial charge >= 0.3 is 0 Å². The zero-order valence-electron chi connectivity index (χ0n) is 11.4. The fourth-order valence-corrected chi connectivity index (χ4v) is 1.77. The quantitative estimate of drug-likeness (QED) is 0.832. The highest BCUT2D eigenvalue weighted by Crippen LogP contribution is 2.25. The van der Waals surface area contributed by atoms with Gasteiger partial charge in [-0.2, -0.15) is 0 Å². The average Bonchev–Trinajstić information content (AvgIpc) is 2.36. The molecule has 0 aliphatic rings. The smallest absolute Gasteiger partial charge is 0.220 e. The molecule has 19 heavy (non-hydrogen) atoms. The number of halogens is 1. The van der Waals surface area contributed by atoms with E-state index < -0.39 is 6.10 Å². The highest BCUT2D eigenvalue weighted by atomic mass is 19.1. The summed E-state index contributed by atoms with van der Waals surface area (Å²) in [6.07, 6.45) is 0.128. The first kappa shape index (κ1) is 15.4. The summed E-state index contributed by atoms with van der Waals surface area (Å²) >= 11 is 0. The maximum absolute atomic E-state index is 13.2. The number of nitrogens with one attached hydrogen (secondary N) is 1. The number of methoxy groups -OCH3 is 1. The number of hydrogen-bond acceptors (Lipinski definition) is 3. The molecule has 0 bridgehead atoms. The second-order valence-corrected chi connectivity index (χ2v) is 4.56. The van der Waals surface area contributed by atoms with Crippen LogP contribution >= 0.6 is 0 Å². The summed E-state index contributed by atoms with van der Waals surface area (Å²) in [5, 5.41) is 11.9. The van der Waals surface area contributed by atoms with Crippen LogP contribution in [0, 0.1) is 5.82 Å². The number of carbonyl (C=O) groups excluding carboxylic acids is 1. The summed E-state index contributed by atoms with van der Waals surface area (Å²) in [6, 6.07) is 3.83. The van der Waals surface area contributed by atoms with Crippen molar-refractivity contribution in [1.82, 2.24) is 5.32 Å². The molecule has 0 saturated carbocycles. The molecular weight excluding hydrogens is 249 g/mol. The summed E-state index contributed by atoms with van der Waals surface area (Å²) in [7, 11) is 1.50. The summed E-state index contributed by atoms with van der Waals surface area (Å²) in [5.74, 6) is -0.0229. The number of rotatable bonds is 6. The van der Waals surface area contributed by atoms with Crippen LogP contribution < -0.4 is 10.1 Å². The second-order valence-electron chi connectivity index (χ2n) is 4.56. The van der Waals surface area contributed by atoms with Gasteiger partial charge < -0.3 is 15.2 Å². The number of amides is 1. The molecule has 4 nitrogen and oxygen atoms in total. The van der Waals surface area contributed by atoms with E-state index in [1.165, 1.54) is 25.3 Å². The van der Waals surface area contributed by atoms with Gasteiger partial charge in [-0.1, -0.05) is 0 Å². The maximum Gasteiger partial charge on any atom is 0.220 e.